The van der Waals surface area contributed by atoms with Crippen LogP contribution in [0.1, 0.15) is 11.6 Å². The minimum absolute atomic E-state index is 0.119. The van der Waals surface area contributed by atoms with Gasteiger partial charge in [0.05, 0.1) is 5.02 Å². The fourth-order valence-electron chi connectivity index (χ4n) is 1.97. The van der Waals surface area contributed by atoms with Crippen LogP contribution in [-0.2, 0) is 4.79 Å². The largest absolute Gasteiger partial charge is 0.383 e. The second kappa shape index (κ2) is 5.06. The van der Waals surface area contributed by atoms with Crippen LogP contribution >= 0.6 is 23.4 Å². The topological polar surface area (TPSA) is 127 Å². The van der Waals surface area contributed by atoms with Gasteiger partial charge in [-0.05, 0) is 12.1 Å². The predicted molar refractivity (Wildman–Crippen MR) is 80.4 cm³/mol. The minimum Gasteiger partial charge on any atom is -0.383 e. The van der Waals surface area contributed by atoms with Gasteiger partial charge in [-0.25, -0.2) is 4.98 Å². The number of anilines is 2. The molecule has 2 heterocycles. The summed E-state index contributed by atoms with van der Waals surface area (Å²) in [4.78, 5) is 30.1. The highest BCUT2D eigenvalue weighted by atomic mass is 35.5. The van der Waals surface area contributed by atoms with Crippen LogP contribution in [0, 0.1) is 0 Å². The predicted octanol–water partition coefficient (Wildman–Crippen LogP) is 1.11. The number of nitrogens with two attached hydrogens (primary N) is 2. The second-order valence-corrected chi connectivity index (χ2v) is 5.85. The quantitative estimate of drug-likeness (QED) is 0.613. The Morgan fingerprint density at radius 3 is 2.76 bits per heavy atom. The van der Waals surface area contributed by atoms with E-state index in [4.69, 9.17) is 23.1 Å². The van der Waals surface area contributed by atoms with E-state index in [0.717, 1.165) is 11.8 Å². The van der Waals surface area contributed by atoms with Crippen LogP contribution in [0.15, 0.2) is 33.0 Å². The van der Waals surface area contributed by atoms with E-state index in [2.05, 4.69) is 15.3 Å². The van der Waals surface area contributed by atoms with Gasteiger partial charge in [-0.3, -0.25) is 9.59 Å². The minimum atomic E-state index is -0.721. The highest BCUT2D eigenvalue weighted by Gasteiger charge is 2.28. The molecule has 1 aromatic carbocycles. The second-order valence-electron chi connectivity index (χ2n) is 4.41. The van der Waals surface area contributed by atoms with Gasteiger partial charge in [0.25, 0.3) is 5.56 Å². The van der Waals surface area contributed by atoms with Crippen molar-refractivity contribution >= 4 is 40.8 Å². The zero-order valence-electron chi connectivity index (χ0n) is 10.5. The Morgan fingerprint density at radius 2 is 2.05 bits per heavy atom. The zero-order valence-corrected chi connectivity index (χ0v) is 12.1. The van der Waals surface area contributed by atoms with E-state index in [0.29, 0.717) is 26.3 Å². The van der Waals surface area contributed by atoms with Gasteiger partial charge in [-0.1, -0.05) is 23.4 Å². The maximum absolute atomic E-state index is 11.5. The maximum atomic E-state index is 11.5. The number of hydrogen-bond acceptors (Lipinski definition) is 6. The first-order valence-corrected chi connectivity index (χ1v) is 7.08. The maximum Gasteiger partial charge on any atom is 0.253 e. The molecule has 2 aromatic rings. The molecule has 0 bridgehead atoms. The summed E-state index contributed by atoms with van der Waals surface area (Å²) in [5.41, 5.74) is 12.2. The molecule has 0 aliphatic carbocycles. The van der Waals surface area contributed by atoms with Crippen molar-refractivity contribution < 1.29 is 4.79 Å². The first-order valence-electron chi connectivity index (χ1n) is 5.88. The molecule has 9 heteroatoms. The van der Waals surface area contributed by atoms with Crippen molar-refractivity contribution in [2.24, 2.45) is 5.73 Å². The lowest BCUT2D eigenvalue weighted by Gasteiger charge is -2.08. The van der Waals surface area contributed by atoms with Gasteiger partial charge < -0.3 is 21.8 Å². The molecule has 108 valence electrons. The fourth-order valence-corrected chi connectivity index (χ4v) is 3.10. The Bertz CT molecular complexity index is 807. The molecule has 1 aliphatic rings. The molecule has 0 fully saturated rings. The number of fused-ring (bicyclic) bond motifs is 1. The van der Waals surface area contributed by atoms with Crippen LogP contribution in [0.2, 0.25) is 5.02 Å². The molecule has 3 rings (SSSR count). The van der Waals surface area contributed by atoms with E-state index < -0.39 is 6.04 Å². The lowest BCUT2D eigenvalue weighted by atomic mass is 10.1. The standard InChI is InChI=1S/C12H10ClN5O2S/c13-5-1-4-6(16-11(20)10(4)15)2-7(5)21-12-17-8(14)3-9(19)18-12/h1-3,10H,15H2,(H,16,20)(H3,14,17,18,19). The van der Waals surface area contributed by atoms with Gasteiger partial charge in [0, 0.05) is 22.2 Å². The molecule has 7 nitrogen and oxygen atoms in total. The van der Waals surface area contributed by atoms with E-state index in [-0.39, 0.29) is 17.3 Å². The summed E-state index contributed by atoms with van der Waals surface area (Å²) in [6, 6.07) is 3.79. The smallest absolute Gasteiger partial charge is 0.253 e. The number of halogens is 1. The van der Waals surface area contributed by atoms with E-state index in [1.807, 2.05) is 0 Å². The van der Waals surface area contributed by atoms with Crippen molar-refractivity contribution in [3.8, 4) is 0 Å². The van der Waals surface area contributed by atoms with Crippen LogP contribution in [0.3, 0.4) is 0 Å². The third-order valence-corrected chi connectivity index (χ3v) is 4.29. The molecular formula is C12H10ClN5O2S. The number of amides is 1. The van der Waals surface area contributed by atoms with E-state index in [1.54, 1.807) is 12.1 Å². The molecule has 0 radical (unpaired) electrons. The number of aromatic amines is 1. The number of carbonyl (C=O) groups excluding carboxylic acids is 1. The Hall–Kier alpha value is -2.03. The summed E-state index contributed by atoms with van der Waals surface area (Å²) in [6.07, 6.45) is 0. The molecule has 1 aromatic heterocycles. The van der Waals surface area contributed by atoms with E-state index in [1.165, 1.54) is 6.07 Å². The van der Waals surface area contributed by atoms with Crippen molar-refractivity contribution in [1.82, 2.24) is 9.97 Å². The molecule has 1 aliphatic heterocycles. The summed E-state index contributed by atoms with van der Waals surface area (Å²) in [6.45, 7) is 0. The first kappa shape index (κ1) is 13.9. The van der Waals surface area contributed by atoms with Crippen molar-refractivity contribution in [3.63, 3.8) is 0 Å². The lowest BCUT2D eigenvalue weighted by molar-refractivity contribution is -0.116. The normalized spacial score (nSPS) is 16.7. The first-order chi connectivity index (χ1) is 9.94. The number of rotatable bonds is 2. The summed E-state index contributed by atoms with van der Waals surface area (Å²) in [7, 11) is 0. The zero-order chi connectivity index (χ0) is 15.1. The Balaban J connectivity index is 1.99. The molecule has 21 heavy (non-hydrogen) atoms. The Morgan fingerprint density at radius 1 is 1.29 bits per heavy atom. The summed E-state index contributed by atoms with van der Waals surface area (Å²) >= 11 is 7.32. The third-order valence-electron chi connectivity index (χ3n) is 2.93. The number of nitrogen functional groups attached to an aromatic ring is 1. The third kappa shape index (κ3) is 2.60. The van der Waals surface area contributed by atoms with Crippen molar-refractivity contribution in [3.05, 3.63) is 39.1 Å². The Labute approximate surface area is 128 Å². The van der Waals surface area contributed by atoms with Crippen LogP contribution in [0.25, 0.3) is 0 Å². The molecule has 0 spiro atoms. The number of H-pyrrole nitrogens is 1. The van der Waals surface area contributed by atoms with Gasteiger partial charge >= 0.3 is 0 Å². The molecule has 6 N–H and O–H groups in total. The van der Waals surface area contributed by atoms with Gasteiger partial charge in [0.1, 0.15) is 11.9 Å². The monoisotopic (exact) mass is 323 g/mol. The fraction of sp³-hybridized carbons (Fsp3) is 0.0833. The molecule has 1 atom stereocenters. The Kier molecular flexibility index (Phi) is 3.36. The number of aromatic nitrogens is 2. The van der Waals surface area contributed by atoms with Crippen LogP contribution in [0.4, 0.5) is 11.5 Å². The van der Waals surface area contributed by atoms with Gasteiger partial charge in [-0.15, -0.1) is 0 Å². The number of nitrogens with one attached hydrogen (secondary N) is 2. The molecule has 0 saturated carbocycles. The van der Waals surface area contributed by atoms with Crippen LogP contribution in [-0.4, -0.2) is 15.9 Å². The average Bonchev–Trinajstić information content (AvgIpc) is 2.65. The highest BCUT2D eigenvalue weighted by Crippen LogP contribution is 2.39. The molecule has 1 unspecified atom stereocenters. The van der Waals surface area contributed by atoms with Crippen LogP contribution in [0.5, 0.6) is 0 Å². The van der Waals surface area contributed by atoms with Gasteiger partial charge in [0.15, 0.2) is 5.16 Å². The number of benzene rings is 1. The summed E-state index contributed by atoms with van der Waals surface area (Å²) in [5.74, 6) is -0.160. The van der Waals surface area contributed by atoms with Gasteiger partial charge in [-0.2, -0.15) is 0 Å². The molecule has 0 saturated heterocycles. The van der Waals surface area contributed by atoms with E-state index in [9.17, 15) is 9.59 Å². The highest BCUT2D eigenvalue weighted by molar-refractivity contribution is 7.99. The number of nitrogens with zero attached hydrogens (tertiary/aromatic N) is 1. The van der Waals surface area contributed by atoms with Crippen molar-refractivity contribution in [2.75, 3.05) is 11.1 Å². The molecular weight excluding hydrogens is 314 g/mol. The lowest BCUT2D eigenvalue weighted by Crippen LogP contribution is -2.19. The van der Waals surface area contributed by atoms with Crippen LogP contribution < -0.4 is 22.3 Å². The summed E-state index contributed by atoms with van der Waals surface area (Å²) in [5, 5.41) is 3.40. The van der Waals surface area contributed by atoms with Crippen molar-refractivity contribution in [1.29, 1.82) is 0 Å². The van der Waals surface area contributed by atoms with E-state index >= 15 is 0 Å². The number of carbonyl (C=O) groups is 1. The van der Waals surface area contributed by atoms with Crippen molar-refractivity contribution in [2.45, 2.75) is 16.1 Å². The number of hydrogen-bond donors (Lipinski definition) is 4. The summed E-state index contributed by atoms with van der Waals surface area (Å²) < 4.78 is 0. The van der Waals surface area contributed by atoms with Gasteiger partial charge in [0.2, 0.25) is 5.91 Å². The SMILES string of the molecule is Nc1cc(=O)[nH]c(Sc2cc3c(cc2Cl)C(N)C(=O)N3)n1. The molecule has 1 amide bonds. The average molecular weight is 324 g/mol.